The molecule has 3 N–H and O–H groups in total. The number of carbonyl (C=O) groups is 1. The van der Waals surface area contributed by atoms with Crippen molar-refractivity contribution in [2.75, 3.05) is 17.2 Å². The van der Waals surface area contributed by atoms with Crippen LogP contribution < -0.4 is 10.6 Å². The van der Waals surface area contributed by atoms with E-state index in [1.165, 1.54) is 13.1 Å². The van der Waals surface area contributed by atoms with Crippen molar-refractivity contribution in [3.8, 4) is 0 Å². The van der Waals surface area contributed by atoms with Crippen LogP contribution in [0.5, 0.6) is 0 Å². The number of alkyl halides is 2. The van der Waals surface area contributed by atoms with Gasteiger partial charge in [-0.2, -0.15) is 13.8 Å². The summed E-state index contributed by atoms with van der Waals surface area (Å²) in [6.45, 7) is 3.15. The number of nitrogens with zero attached hydrogens (tertiary/aromatic N) is 3. The van der Waals surface area contributed by atoms with Gasteiger partial charge in [-0.3, -0.25) is 0 Å². The fraction of sp³-hybridized carbons (Fsp3) is 0.545. The number of anilines is 2. The molecule has 1 rings (SSSR count). The molecule has 0 aliphatic rings. The van der Waals surface area contributed by atoms with E-state index in [0.29, 0.717) is 0 Å². The fourth-order valence-corrected chi connectivity index (χ4v) is 2.05. The minimum atomic E-state index is -3.94. The Hall–Kier alpha value is -1.70. The molecule has 9 heteroatoms. The Morgan fingerprint density at radius 1 is 1.60 bits per heavy atom. The first-order valence-electron chi connectivity index (χ1n) is 5.91. The van der Waals surface area contributed by atoms with Gasteiger partial charge in [0.05, 0.1) is 11.9 Å². The van der Waals surface area contributed by atoms with Crippen molar-refractivity contribution in [1.29, 1.82) is 0 Å². The number of halogens is 3. The largest absolute Gasteiger partial charge is 0.477 e. The van der Waals surface area contributed by atoms with Gasteiger partial charge in [-0.15, -0.1) is 0 Å². The molecule has 0 saturated heterocycles. The number of carboxylic acids is 1. The maximum atomic E-state index is 13.8. The van der Waals surface area contributed by atoms with Crippen LogP contribution in [0, 0.1) is 0 Å². The normalized spacial score (nSPS) is 13.1. The van der Waals surface area contributed by atoms with Gasteiger partial charge in [-0.25, -0.2) is 9.78 Å². The Morgan fingerprint density at radius 3 is 2.65 bits per heavy atom. The molecule has 0 aliphatic heterocycles. The molecule has 1 aromatic rings. The first-order chi connectivity index (χ1) is 9.25. The SMILES string of the molecule is CCC(N(CC)c1nc(Cl)ncc1N)C(F)(F)C(=O)O. The van der Waals surface area contributed by atoms with E-state index in [-0.39, 0.29) is 29.8 Å². The molecule has 0 aliphatic carbocycles. The lowest BCUT2D eigenvalue weighted by Gasteiger charge is -2.34. The molecule has 0 saturated carbocycles. The van der Waals surface area contributed by atoms with Crippen LogP contribution >= 0.6 is 11.6 Å². The van der Waals surface area contributed by atoms with Gasteiger partial charge in [0.15, 0.2) is 5.82 Å². The van der Waals surface area contributed by atoms with Gasteiger partial charge in [0.1, 0.15) is 6.04 Å². The molecule has 0 bridgehead atoms. The predicted molar refractivity (Wildman–Crippen MR) is 71.1 cm³/mol. The molecular formula is C11H15ClF2N4O2. The third-order valence-electron chi connectivity index (χ3n) is 2.85. The van der Waals surface area contributed by atoms with Crippen LogP contribution in [0.25, 0.3) is 0 Å². The van der Waals surface area contributed by atoms with Crippen LogP contribution in [0.2, 0.25) is 5.28 Å². The maximum Gasteiger partial charge on any atom is 0.376 e. The van der Waals surface area contributed by atoms with Crippen LogP contribution in [-0.4, -0.2) is 39.6 Å². The van der Waals surface area contributed by atoms with Crippen molar-refractivity contribution in [1.82, 2.24) is 9.97 Å². The molecule has 112 valence electrons. The standard InChI is InChI=1S/C11H15ClF2N4O2/c1-3-7(11(13,14)9(19)20)18(4-2)8-6(15)5-16-10(12)17-8/h5,7H,3-4,15H2,1-2H3,(H,19,20). The Bertz CT molecular complexity index is 501. The number of rotatable bonds is 6. The van der Waals surface area contributed by atoms with Crippen LogP contribution in [0.1, 0.15) is 20.3 Å². The van der Waals surface area contributed by atoms with Crippen molar-refractivity contribution in [3.63, 3.8) is 0 Å². The quantitative estimate of drug-likeness (QED) is 0.781. The van der Waals surface area contributed by atoms with Gasteiger partial charge in [0.2, 0.25) is 5.28 Å². The highest BCUT2D eigenvalue weighted by atomic mass is 35.5. The third kappa shape index (κ3) is 3.06. The van der Waals surface area contributed by atoms with Gasteiger partial charge in [0.25, 0.3) is 0 Å². The summed E-state index contributed by atoms with van der Waals surface area (Å²) in [4.78, 5) is 19.3. The van der Waals surface area contributed by atoms with E-state index < -0.39 is 17.9 Å². The third-order valence-corrected chi connectivity index (χ3v) is 3.03. The average Bonchev–Trinajstić information content (AvgIpc) is 2.38. The summed E-state index contributed by atoms with van der Waals surface area (Å²) in [7, 11) is 0. The van der Waals surface area contributed by atoms with Crippen LogP contribution in [0.3, 0.4) is 0 Å². The van der Waals surface area contributed by atoms with Gasteiger partial charge < -0.3 is 15.7 Å². The van der Waals surface area contributed by atoms with Crippen LogP contribution in [-0.2, 0) is 4.79 Å². The van der Waals surface area contributed by atoms with Gasteiger partial charge >= 0.3 is 11.9 Å². The van der Waals surface area contributed by atoms with Crippen molar-refractivity contribution in [2.24, 2.45) is 0 Å². The molecule has 1 heterocycles. The van der Waals surface area contributed by atoms with E-state index >= 15 is 0 Å². The summed E-state index contributed by atoms with van der Waals surface area (Å²) in [5.41, 5.74) is 5.71. The van der Waals surface area contributed by atoms with E-state index in [0.717, 1.165) is 4.90 Å². The first kappa shape index (κ1) is 16.4. The highest BCUT2D eigenvalue weighted by molar-refractivity contribution is 6.28. The first-order valence-corrected chi connectivity index (χ1v) is 6.29. The summed E-state index contributed by atoms with van der Waals surface area (Å²) in [6, 6.07) is -1.58. The van der Waals surface area contributed by atoms with Gasteiger partial charge in [0, 0.05) is 6.54 Å². The highest BCUT2D eigenvalue weighted by Crippen LogP contribution is 2.32. The minimum Gasteiger partial charge on any atom is -0.477 e. The zero-order chi connectivity index (χ0) is 15.5. The lowest BCUT2D eigenvalue weighted by atomic mass is 10.1. The molecule has 20 heavy (non-hydrogen) atoms. The lowest BCUT2D eigenvalue weighted by molar-refractivity contribution is -0.168. The Kier molecular flexibility index (Phi) is 5.04. The maximum absolute atomic E-state index is 13.8. The van der Waals surface area contributed by atoms with Crippen molar-refractivity contribution in [2.45, 2.75) is 32.2 Å². The van der Waals surface area contributed by atoms with E-state index in [4.69, 9.17) is 22.4 Å². The van der Waals surface area contributed by atoms with E-state index in [1.54, 1.807) is 6.92 Å². The number of nitrogens with two attached hydrogens (primary N) is 1. The molecule has 0 spiro atoms. The number of carboxylic acid groups (broad SMARTS) is 1. The number of aromatic nitrogens is 2. The summed E-state index contributed by atoms with van der Waals surface area (Å²) >= 11 is 5.63. The Labute approximate surface area is 119 Å². The summed E-state index contributed by atoms with van der Waals surface area (Å²) in [6.07, 6.45) is 1.09. The second-order valence-electron chi connectivity index (χ2n) is 4.06. The topological polar surface area (TPSA) is 92.3 Å². The molecule has 0 radical (unpaired) electrons. The zero-order valence-electron chi connectivity index (χ0n) is 11.0. The van der Waals surface area contributed by atoms with Crippen molar-refractivity contribution in [3.05, 3.63) is 11.5 Å². The Morgan fingerprint density at radius 2 is 2.20 bits per heavy atom. The predicted octanol–water partition coefficient (Wildman–Crippen LogP) is 2.04. The molecule has 0 fully saturated rings. The molecule has 1 aromatic heterocycles. The van der Waals surface area contributed by atoms with E-state index in [1.807, 2.05) is 0 Å². The molecule has 1 atom stereocenters. The zero-order valence-corrected chi connectivity index (χ0v) is 11.7. The lowest BCUT2D eigenvalue weighted by Crippen LogP contribution is -2.52. The smallest absolute Gasteiger partial charge is 0.376 e. The molecule has 6 nitrogen and oxygen atoms in total. The van der Waals surface area contributed by atoms with E-state index in [2.05, 4.69) is 9.97 Å². The molecule has 0 aromatic carbocycles. The van der Waals surface area contributed by atoms with Gasteiger partial charge in [-0.05, 0) is 24.9 Å². The molecule has 1 unspecified atom stereocenters. The average molecular weight is 309 g/mol. The van der Waals surface area contributed by atoms with Crippen LogP contribution in [0.4, 0.5) is 20.3 Å². The second-order valence-corrected chi connectivity index (χ2v) is 4.39. The summed E-state index contributed by atoms with van der Waals surface area (Å²) < 4.78 is 27.6. The number of hydrogen-bond donors (Lipinski definition) is 2. The number of hydrogen-bond acceptors (Lipinski definition) is 5. The van der Waals surface area contributed by atoms with Gasteiger partial charge in [-0.1, -0.05) is 6.92 Å². The number of nitrogen functional groups attached to an aromatic ring is 1. The van der Waals surface area contributed by atoms with Crippen molar-refractivity contribution < 1.29 is 18.7 Å². The van der Waals surface area contributed by atoms with Crippen molar-refractivity contribution >= 4 is 29.1 Å². The highest BCUT2D eigenvalue weighted by Gasteiger charge is 2.49. The fourth-order valence-electron chi connectivity index (χ4n) is 1.92. The minimum absolute atomic E-state index is 0.000255. The summed E-state index contributed by atoms with van der Waals surface area (Å²) in [5, 5.41) is 8.54. The number of aliphatic carboxylic acids is 1. The van der Waals surface area contributed by atoms with E-state index in [9.17, 15) is 13.6 Å². The van der Waals surface area contributed by atoms with Crippen LogP contribution in [0.15, 0.2) is 6.20 Å². The molecular weight excluding hydrogens is 294 g/mol. The molecule has 0 amide bonds. The monoisotopic (exact) mass is 308 g/mol. The second kappa shape index (κ2) is 6.17. The summed E-state index contributed by atoms with van der Waals surface area (Å²) in [5.74, 6) is -6.13. The Balaban J connectivity index is 3.29.